The maximum absolute atomic E-state index is 14.5. The lowest BCUT2D eigenvalue weighted by Crippen LogP contribution is -2.31. The first kappa shape index (κ1) is 30.8. The second-order valence-electron chi connectivity index (χ2n) is 11.9. The molecule has 0 radical (unpaired) electrons. The van der Waals surface area contributed by atoms with Crippen LogP contribution in [0.4, 0.5) is 5.69 Å². The topological polar surface area (TPSA) is 105 Å². The van der Waals surface area contributed by atoms with Gasteiger partial charge in [-0.2, -0.15) is 0 Å². The molecule has 0 bridgehead atoms. The molecule has 48 heavy (non-hydrogen) atoms. The number of carbonyl (C=O) groups is 2. The lowest BCUT2D eigenvalue weighted by molar-refractivity contribution is -0.122. The minimum Gasteiger partial charge on any atom is -0.497 e. The number of para-hydroxylation sites is 1. The average molecular weight is 644 g/mol. The SMILES string of the molecule is COc1ccc(-c2cc(=O)c3c(OC)cc(OC)c([C@H]4C=C(C)C[C@@H]5C(=O)N(c6cccc(Oc7ccccc7)c6)C(=O)[C@@H]54)c3o2)cc1. The molecule has 0 saturated carbocycles. The molecular formula is C39H33NO8. The van der Waals surface area contributed by atoms with Crippen molar-refractivity contribution in [3.05, 3.63) is 118 Å². The summed E-state index contributed by atoms with van der Waals surface area (Å²) < 4.78 is 29.4. The Morgan fingerprint density at radius 2 is 1.46 bits per heavy atom. The van der Waals surface area contributed by atoms with Gasteiger partial charge < -0.3 is 23.4 Å². The van der Waals surface area contributed by atoms with Crippen LogP contribution in [0.2, 0.25) is 0 Å². The molecule has 2 aliphatic rings. The summed E-state index contributed by atoms with van der Waals surface area (Å²) in [5.74, 6) is 0.0620. The molecule has 1 aliphatic heterocycles. The van der Waals surface area contributed by atoms with Gasteiger partial charge in [-0.1, -0.05) is 35.9 Å². The van der Waals surface area contributed by atoms with Gasteiger partial charge >= 0.3 is 0 Å². The molecule has 7 rings (SSSR count). The molecule has 3 atom stereocenters. The maximum Gasteiger partial charge on any atom is 0.238 e. The van der Waals surface area contributed by atoms with Gasteiger partial charge in [0.05, 0.1) is 38.9 Å². The minimum atomic E-state index is -0.777. The molecule has 0 unspecified atom stereocenters. The van der Waals surface area contributed by atoms with Crippen molar-refractivity contribution in [3.8, 4) is 40.1 Å². The Hall–Kier alpha value is -5.83. The van der Waals surface area contributed by atoms with Crippen molar-refractivity contribution < 1.29 is 33.0 Å². The summed E-state index contributed by atoms with van der Waals surface area (Å²) in [7, 11) is 4.56. The Labute approximate surface area is 276 Å². The van der Waals surface area contributed by atoms with Crippen molar-refractivity contribution in [3.63, 3.8) is 0 Å². The highest BCUT2D eigenvalue weighted by Gasteiger charge is 2.54. The van der Waals surface area contributed by atoms with Gasteiger partial charge in [0.2, 0.25) is 11.8 Å². The van der Waals surface area contributed by atoms with Crippen LogP contribution in [0.3, 0.4) is 0 Å². The standard InChI is InChI=1S/C39H33NO8/c1-22-17-28(34-29(18-22)38(42)40(39(34)43)24-9-8-12-27(19-24)47-26-10-6-5-7-11-26)35-32(45-3)21-33(46-4)36-30(41)20-31(48-37(35)36)23-13-15-25(44-2)16-14-23/h5-17,19-21,28-29,34H,18H2,1-4H3/t28-,29-,34+/m0/s1. The van der Waals surface area contributed by atoms with E-state index in [1.54, 1.807) is 61.7 Å². The van der Waals surface area contributed by atoms with E-state index in [1.165, 1.54) is 25.2 Å². The summed E-state index contributed by atoms with van der Waals surface area (Å²) in [6.07, 6.45) is 2.40. The third-order valence-electron chi connectivity index (χ3n) is 9.04. The molecule has 1 saturated heterocycles. The average Bonchev–Trinajstić information content (AvgIpc) is 3.36. The summed E-state index contributed by atoms with van der Waals surface area (Å²) in [5, 5.41) is 0.220. The summed E-state index contributed by atoms with van der Waals surface area (Å²) in [6.45, 7) is 1.94. The van der Waals surface area contributed by atoms with E-state index in [2.05, 4.69) is 0 Å². The van der Waals surface area contributed by atoms with E-state index in [0.29, 0.717) is 52.0 Å². The number of methoxy groups -OCH3 is 3. The monoisotopic (exact) mass is 643 g/mol. The van der Waals surface area contributed by atoms with Gasteiger partial charge in [0.1, 0.15) is 45.5 Å². The number of amides is 2. The second kappa shape index (κ2) is 12.4. The van der Waals surface area contributed by atoms with E-state index in [4.69, 9.17) is 23.4 Å². The van der Waals surface area contributed by atoms with Crippen LogP contribution < -0.4 is 29.3 Å². The van der Waals surface area contributed by atoms with E-state index >= 15 is 0 Å². The summed E-state index contributed by atoms with van der Waals surface area (Å²) in [4.78, 5) is 43.6. The third-order valence-corrected chi connectivity index (χ3v) is 9.04. The van der Waals surface area contributed by atoms with Crippen LogP contribution in [0.5, 0.6) is 28.7 Å². The summed E-state index contributed by atoms with van der Waals surface area (Å²) in [6, 6.07) is 26.5. The van der Waals surface area contributed by atoms with E-state index in [1.807, 2.05) is 43.3 Å². The zero-order valence-corrected chi connectivity index (χ0v) is 26.9. The number of allylic oxidation sites excluding steroid dienone is 2. The number of hydrogen-bond acceptors (Lipinski definition) is 8. The fourth-order valence-corrected chi connectivity index (χ4v) is 6.86. The highest BCUT2D eigenvalue weighted by atomic mass is 16.5. The molecule has 2 amide bonds. The van der Waals surface area contributed by atoms with E-state index in [-0.39, 0.29) is 34.0 Å². The Balaban J connectivity index is 1.36. The molecule has 4 aromatic carbocycles. The first-order valence-corrected chi connectivity index (χ1v) is 15.6. The number of carbonyl (C=O) groups excluding carboxylic acids is 2. The van der Waals surface area contributed by atoms with E-state index < -0.39 is 17.8 Å². The summed E-state index contributed by atoms with van der Waals surface area (Å²) >= 11 is 0. The van der Waals surface area contributed by atoms with Crippen molar-refractivity contribution in [1.29, 1.82) is 0 Å². The summed E-state index contributed by atoms with van der Waals surface area (Å²) in [5.41, 5.74) is 2.43. The fraction of sp³-hybridized carbons (Fsp3) is 0.205. The Morgan fingerprint density at radius 1 is 0.729 bits per heavy atom. The first-order valence-electron chi connectivity index (χ1n) is 15.6. The molecule has 5 aromatic rings. The quantitative estimate of drug-likeness (QED) is 0.126. The number of hydrogen-bond donors (Lipinski definition) is 0. The van der Waals surface area contributed by atoms with Crippen molar-refractivity contribution >= 4 is 28.5 Å². The first-order chi connectivity index (χ1) is 23.3. The van der Waals surface area contributed by atoms with E-state index in [9.17, 15) is 14.4 Å². The Kier molecular flexibility index (Phi) is 7.96. The van der Waals surface area contributed by atoms with Crippen LogP contribution in [0.25, 0.3) is 22.3 Å². The smallest absolute Gasteiger partial charge is 0.238 e. The van der Waals surface area contributed by atoms with Gasteiger partial charge in [0.25, 0.3) is 0 Å². The number of nitrogens with zero attached hydrogens (tertiary/aromatic N) is 1. The zero-order valence-electron chi connectivity index (χ0n) is 26.9. The van der Waals surface area contributed by atoms with Gasteiger partial charge in [-0.25, -0.2) is 4.90 Å². The molecule has 1 aromatic heterocycles. The highest BCUT2D eigenvalue weighted by molar-refractivity contribution is 6.22. The molecular weight excluding hydrogens is 610 g/mol. The number of anilines is 1. The molecule has 0 N–H and O–H groups in total. The largest absolute Gasteiger partial charge is 0.497 e. The van der Waals surface area contributed by atoms with Crippen molar-refractivity contribution in [2.75, 3.05) is 26.2 Å². The van der Waals surface area contributed by atoms with E-state index in [0.717, 1.165) is 5.57 Å². The van der Waals surface area contributed by atoms with Crippen LogP contribution >= 0.6 is 0 Å². The number of rotatable bonds is 8. The molecule has 1 aliphatic carbocycles. The Bertz CT molecular complexity index is 2130. The van der Waals surface area contributed by atoms with Gasteiger partial charge in [0, 0.05) is 35.2 Å². The number of benzene rings is 4. The van der Waals surface area contributed by atoms with Crippen molar-refractivity contribution in [2.45, 2.75) is 19.3 Å². The highest BCUT2D eigenvalue weighted by Crippen LogP contribution is 2.51. The van der Waals surface area contributed by atoms with Gasteiger partial charge in [-0.05, 0) is 61.9 Å². The molecule has 2 heterocycles. The van der Waals surface area contributed by atoms with Crippen LogP contribution in [0.15, 0.2) is 112 Å². The molecule has 0 spiro atoms. The Morgan fingerprint density at radius 3 is 2.17 bits per heavy atom. The predicted molar refractivity (Wildman–Crippen MR) is 181 cm³/mol. The van der Waals surface area contributed by atoms with Crippen LogP contribution in [0.1, 0.15) is 24.8 Å². The lowest BCUT2D eigenvalue weighted by atomic mass is 9.71. The zero-order chi connectivity index (χ0) is 33.5. The molecule has 242 valence electrons. The molecule has 9 heteroatoms. The second-order valence-corrected chi connectivity index (χ2v) is 11.9. The van der Waals surface area contributed by atoms with Crippen molar-refractivity contribution in [2.24, 2.45) is 11.8 Å². The maximum atomic E-state index is 14.5. The van der Waals surface area contributed by atoms with Crippen LogP contribution in [-0.4, -0.2) is 33.1 Å². The van der Waals surface area contributed by atoms with Crippen LogP contribution in [0, 0.1) is 11.8 Å². The van der Waals surface area contributed by atoms with Crippen molar-refractivity contribution in [1.82, 2.24) is 0 Å². The number of imide groups is 1. The number of ether oxygens (including phenoxy) is 4. The van der Waals surface area contributed by atoms with Crippen LogP contribution in [-0.2, 0) is 9.59 Å². The minimum absolute atomic E-state index is 0.220. The van der Waals surface area contributed by atoms with Gasteiger partial charge in [0.15, 0.2) is 5.43 Å². The molecule has 9 nitrogen and oxygen atoms in total. The normalized spacial score (nSPS) is 18.8. The van der Waals surface area contributed by atoms with Gasteiger partial charge in [-0.15, -0.1) is 0 Å². The number of fused-ring (bicyclic) bond motifs is 2. The lowest BCUT2D eigenvalue weighted by Gasteiger charge is -2.30. The van der Waals surface area contributed by atoms with Gasteiger partial charge in [-0.3, -0.25) is 14.4 Å². The third kappa shape index (κ3) is 5.27. The molecule has 1 fully saturated rings. The fourth-order valence-electron chi connectivity index (χ4n) is 6.86. The predicted octanol–water partition coefficient (Wildman–Crippen LogP) is 7.52.